The van der Waals surface area contributed by atoms with E-state index in [0.29, 0.717) is 43.2 Å². The van der Waals surface area contributed by atoms with Crippen LogP contribution < -0.4 is 9.47 Å². The largest absolute Gasteiger partial charge is 0.466 e. The van der Waals surface area contributed by atoms with Crippen molar-refractivity contribution in [2.45, 2.75) is 39.0 Å². The predicted octanol–water partition coefficient (Wildman–Crippen LogP) is 4.22. The summed E-state index contributed by atoms with van der Waals surface area (Å²) in [6.45, 7) is 3.36. The van der Waals surface area contributed by atoms with Gasteiger partial charge in [0.1, 0.15) is 0 Å². The van der Waals surface area contributed by atoms with E-state index in [1.165, 1.54) is 5.56 Å². The summed E-state index contributed by atoms with van der Waals surface area (Å²) in [6, 6.07) is 15.5. The minimum Gasteiger partial charge on any atom is -0.466 e. The number of ether oxygens (including phenoxy) is 3. The topological polar surface area (TPSA) is 65.1 Å². The Morgan fingerprint density at radius 2 is 1.90 bits per heavy atom. The molecule has 6 nitrogen and oxygen atoms in total. The SMILES string of the molecule is CCOC(=O)[C@]1(CCCc2ccccc2)CCCN(C(=O)c2ccc3c(c2)OCO3)C1. The van der Waals surface area contributed by atoms with Gasteiger partial charge < -0.3 is 19.1 Å². The molecule has 2 aromatic carbocycles. The van der Waals surface area contributed by atoms with E-state index < -0.39 is 5.41 Å². The van der Waals surface area contributed by atoms with Gasteiger partial charge in [-0.1, -0.05) is 30.3 Å². The zero-order valence-electron chi connectivity index (χ0n) is 18.0. The number of fused-ring (bicyclic) bond motifs is 1. The number of carbonyl (C=O) groups excluding carboxylic acids is 2. The Kier molecular flexibility index (Phi) is 6.44. The first-order chi connectivity index (χ1) is 15.1. The molecule has 0 aliphatic carbocycles. The molecule has 164 valence electrons. The monoisotopic (exact) mass is 423 g/mol. The summed E-state index contributed by atoms with van der Waals surface area (Å²) in [5.74, 6) is 0.959. The number of nitrogens with zero attached hydrogens (tertiary/aromatic N) is 1. The number of amides is 1. The van der Waals surface area contributed by atoms with E-state index in [1.54, 1.807) is 23.1 Å². The smallest absolute Gasteiger partial charge is 0.313 e. The minimum atomic E-state index is -0.658. The third-order valence-corrected chi connectivity index (χ3v) is 6.16. The summed E-state index contributed by atoms with van der Waals surface area (Å²) < 4.78 is 16.2. The van der Waals surface area contributed by atoms with Crippen molar-refractivity contribution in [2.75, 3.05) is 26.5 Å². The fraction of sp³-hybridized carbons (Fsp3) is 0.440. The standard InChI is InChI=1S/C25H29NO5/c1-2-29-24(28)25(13-6-10-19-8-4-3-5-9-19)14-7-15-26(17-25)23(27)20-11-12-21-22(16-20)31-18-30-21/h3-5,8-9,11-12,16H,2,6-7,10,13-15,17-18H2,1H3/t25-/m1/s1. The van der Waals surface area contributed by atoms with Crippen molar-refractivity contribution < 1.29 is 23.8 Å². The number of esters is 1. The number of hydrogen-bond acceptors (Lipinski definition) is 5. The first-order valence-corrected chi connectivity index (χ1v) is 11.0. The van der Waals surface area contributed by atoms with Crippen LogP contribution in [0.15, 0.2) is 48.5 Å². The van der Waals surface area contributed by atoms with Gasteiger partial charge in [-0.05, 0) is 62.8 Å². The molecule has 0 aromatic heterocycles. The highest BCUT2D eigenvalue weighted by Gasteiger charge is 2.44. The highest BCUT2D eigenvalue weighted by atomic mass is 16.7. The van der Waals surface area contributed by atoms with E-state index in [2.05, 4.69) is 12.1 Å². The molecule has 2 heterocycles. The molecule has 1 saturated heterocycles. The van der Waals surface area contributed by atoms with Crippen LogP contribution in [0.1, 0.15) is 48.5 Å². The van der Waals surface area contributed by atoms with Crippen LogP contribution in [-0.4, -0.2) is 43.3 Å². The van der Waals surface area contributed by atoms with E-state index in [1.807, 2.05) is 25.1 Å². The maximum absolute atomic E-state index is 13.2. The minimum absolute atomic E-state index is 0.0882. The Bertz CT molecular complexity index is 929. The number of rotatable bonds is 7. The molecule has 0 bridgehead atoms. The van der Waals surface area contributed by atoms with E-state index in [-0.39, 0.29) is 18.7 Å². The van der Waals surface area contributed by atoms with Crippen LogP contribution in [0.25, 0.3) is 0 Å². The van der Waals surface area contributed by atoms with Crippen molar-refractivity contribution in [1.82, 2.24) is 4.90 Å². The van der Waals surface area contributed by atoms with Gasteiger partial charge in [0, 0.05) is 18.7 Å². The van der Waals surface area contributed by atoms with Crippen molar-refractivity contribution in [1.29, 1.82) is 0 Å². The summed E-state index contributed by atoms with van der Waals surface area (Å²) in [4.78, 5) is 28.1. The van der Waals surface area contributed by atoms with E-state index in [4.69, 9.17) is 14.2 Å². The maximum atomic E-state index is 13.2. The molecule has 1 fully saturated rings. The molecule has 0 spiro atoms. The quantitative estimate of drug-likeness (QED) is 0.624. The number of carbonyl (C=O) groups is 2. The maximum Gasteiger partial charge on any atom is 0.313 e. The van der Waals surface area contributed by atoms with Gasteiger partial charge in [0.05, 0.1) is 12.0 Å². The van der Waals surface area contributed by atoms with Crippen molar-refractivity contribution in [2.24, 2.45) is 5.41 Å². The van der Waals surface area contributed by atoms with Crippen LogP contribution in [0.5, 0.6) is 11.5 Å². The van der Waals surface area contributed by atoms with Gasteiger partial charge in [0.15, 0.2) is 11.5 Å². The summed E-state index contributed by atoms with van der Waals surface area (Å²) in [6.07, 6.45) is 3.99. The summed E-state index contributed by atoms with van der Waals surface area (Å²) >= 11 is 0. The summed E-state index contributed by atoms with van der Waals surface area (Å²) in [5, 5.41) is 0. The average molecular weight is 424 g/mol. The van der Waals surface area contributed by atoms with Crippen LogP contribution in [0.2, 0.25) is 0 Å². The van der Waals surface area contributed by atoms with E-state index in [9.17, 15) is 9.59 Å². The molecular formula is C25H29NO5. The van der Waals surface area contributed by atoms with Gasteiger partial charge >= 0.3 is 5.97 Å². The molecule has 2 aliphatic rings. The van der Waals surface area contributed by atoms with Gasteiger partial charge in [-0.15, -0.1) is 0 Å². The first kappa shape index (κ1) is 21.2. The van der Waals surface area contributed by atoms with E-state index >= 15 is 0 Å². The fourth-order valence-corrected chi connectivity index (χ4v) is 4.55. The number of piperidine rings is 1. The number of likely N-dealkylation sites (tertiary alicyclic amines) is 1. The van der Waals surface area contributed by atoms with Crippen molar-refractivity contribution in [3.05, 3.63) is 59.7 Å². The Labute approximate surface area is 183 Å². The normalized spacial score (nSPS) is 19.8. The van der Waals surface area contributed by atoms with Gasteiger partial charge in [-0.25, -0.2) is 0 Å². The Morgan fingerprint density at radius 1 is 1.10 bits per heavy atom. The number of aryl methyl sites for hydroxylation is 1. The fourth-order valence-electron chi connectivity index (χ4n) is 4.55. The second kappa shape index (κ2) is 9.41. The lowest BCUT2D eigenvalue weighted by atomic mass is 9.75. The van der Waals surface area contributed by atoms with Gasteiger partial charge in [-0.2, -0.15) is 0 Å². The van der Waals surface area contributed by atoms with Crippen LogP contribution >= 0.6 is 0 Å². The second-order valence-electron chi connectivity index (χ2n) is 8.24. The highest BCUT2D eigenvalue weighted by molar-refractivity contribution is 5.95. The molecule has 0 unspecified atom stereocenters. The molecule has 0 N–H and O–H groups in total. The molecule has 6 heteroatoms. The zero-order valence-corrected chi connectivity index (χ0v) is 18.0. The Hall–Kier alpha value is -3.02. The predicted molar refractivity (Wildman–Crippen MR) is 116 cm³/mol. The van der Waals surface area contributed by atoms with Gasteiger partial charge in [0.25, 0.3) is 5.91 Å². The molecule has 0 radical (unpaired) electrons. The van der Waals surface area contributed by atoms with Gasteiger partial charge in [0.2, 0.25) is 6.79 Å². The average Bonchev–Trinajstić information content (AvgIpc) is 3.27. The van der Waals surface area contributed by atoms with Crippen molar-refractivity contribution >= 4 is 11.9 Å². The third-order valence-electron chi connectivity index (χ3n) is 6.16. The van der Waals surface area contributed by atoms with Crippen LogP contribution in [0.4, 0.5) is 0 Å². The van der Waals surface area contributed by atoms with E-state index in [0.717, 1.165) is 25.7 Å². The lowest BCUT2D eigenvalue weighted by Gasteiger charge is -2.41. The summed E-state index contributed by atoms with van der Waals surface area (Å²) in [7, 11) is 0. The molecule has 31 heavy (non-hydrogen) atoms. The van der Waals surface area contributed by atoms with Crippen LogP contribution in [-0.2, 0) is 16.0 Å². The van der Waals surface area contributed by atoms with Crippen molar-refractivity contribution in [3.8, 4) is 11.5 Å². The molecule has 2 aromatic rings. The molecule has 0 saturated carbocycles. The highest BCUT2D eigenvalue weighted by Crippen LogP contribution is 2.38. The third kappa shape index (κ3) is 4.68. The molecule has 1 atom stereocenters. The first-order valence-electron chi connectivity index (χ1n) is 11.0. The van der Waals surface area contributed by atoms with Crippen molar-refractivity contribution in [3.63, 3.8) is 0 Å². The second-order valence-corrected chi connectivity index (χ2v) is 8.24. The lowest BCUT2D eigenvalue weighted by molar-refractivity contribution is -0.159. The molecule has 2 aliphatic heterocycles. The van der Waals surface area contributed by atoms with Gasteiger partial charge in [-0.3, -0.25) is 9.59 Å². The lowest BCUT2D eigenvalue weighted by Crippen LogP contribution is -2.50. The Balaban J connectivity index is 1.48. The molecule has 1 amide bonds. The number of hydrogen-bond donors (Lipinski definition) is 0. The van der Waals surface area contributed by atoms with Crippen LogP contribution in [0, 0.1) is 5.41 Å². The molecular weight excluding hydrogens is 394 g/mol. The van der Waals surface area contributed by atoms with Crippen LogP contribution in [0.3, 0.4) is 0 Å². The number of benzene rings is 2. The Morgan fingerprint density at radius 3 is 2.71 bits per heavy atom. The zero-order chi connectivity index (χ0) is 21.7. The molecule has 4 rings (SSSR count). The summed E-state index contributed by atoms with van der Waals surface area (Å²) in [5.41, 5.74) is 1.15.